The smallest absolute Gasteiger partial charge is 0.326 e. The van der Waals surface area contributed by atoms with Gasteiger partial charge in [0.15, 0.2) is 5.92 Å². The lowest BCUT2D eigenvalue weighted by Gasteiger charge is -2.30. The number of nitrogens with two attached hydrogens (primary N) is 1. The SMILES string of the molecule is Cc1ccc(N2C(=O)NC(=O)[C@@H](C=N[C@@H]3CCCC[C@H]3N)C2=O)cc1C. The van der Waals surface area contributed by atoms with Gasteiger partial charge >= 0.3 is 6.03 Å². The third-order valence-electron chi connectivity index (χ3n) is 5.16. The van der Waals surface area contributed by atoms with E-state index in [9.17, 15) is 14.4 Å². The normalized spacial score (nSPS) is 27.1. The van der Waals surface area contributed by atoms with E-state index in [4.69, 9.17) is 5.73 Å². The van der Waals surface area contributed by atoms with Gasteiger partial charge in [0.25, 0.3) is 5.91 Å². The predicted molar refractivity (Wildman–Crippen MR) is 99.2 cm³/mol. The Labute approximate surface area is 152 Å². The molecule has 1 saturated carbocycles. The molecule has 0 bridgehead atoms. The van der Waals surface area contributed by atoms with Crippen molar-refractivity contribution in [3.8, 4) is 0 Å². The highest BCUT2D eigenvalue weighted by molar-refractivity contribution is 6.32. The Morgan fingerprint density at radius 2 is 1.88 bits per heavy atom. The standard InChI is InChI=1S/C19H24N4O3/c1-11-7-8-13(9-12(11)2)23-18(25)14(17(24)22-19(23)26)10-21-16-6-4-3-5-15(16)20/h7-10,14-16H,3-6,20H2,1-2H3,(H,22,24,26)/t14-,15-,16-/m1/s1. The average Bonchev–Trinajstić information content (AvgIpc) is 2.59. The first-order chi connectivity index (χ1) is 12.4. The van der Waals surface area contributed by atoms with Crippen LogP contribution in [0.5, 0.6) is 0 Å². The van der Waals surface area contributed by atoms with Gasteiger partial charge in [0.1, 0.15) is 0 Å². The van der Waals surface area contributed by atoms with Crippen LogP contribution in [0.1, 0.15) is 36.8 Å². The number of nitrogens with zero attached hydrogens (tertiary/aromatic N) is 2. The van der Waals surface area contributed by atoms with Crippen molar-refractivity contribution in [3.05, 3.63) is 29.3 Å². The molecule has 1 aromatic rings. The van der Waals surface area contributed by atoms with E-state index < -0.39 is 23.8 Å². The number of nitrogens with one attached hydrogen (secondary N) is 1. The maximum absolute atomic E-state index is 12.8. The van der Waals surface area contributed by atoms with E-state index in [0.717, 1.165) is 41.7 Å². The number of rotatable bonds is 3. The largest absolute Gasteiger partial charge is 0.335 e. The molecule has 1 aromatic carbocycles. The maximum atomic E-state index is 12.8. The van der Waals surface area contributed by atoms with Crippen LogP contribution in [0.2, 0.25) is 0 Å². The van der Waals surface area contributed by atoms with Crippen LogP contribution in [0.15, 0.2) is 23.2 Å². The first-order valence-electron chi connectivity index (χ1n) is 8.93. The topological polar surface area (TPSA) is 105 Å². The molecule has 0 radical (unpaired) electrons. The van der Waals surface area contributed by atoms with Crippen LogP contribution in [-0.4, -0.2) is 36.1 Å². The van der Waals surface area contributed by atoms with Crippen LogP contribution in [-0.2, 0) is 9.59 Å². The molecule has 0 unspecified atom stereocenters. The number of amides is 4. The van der Waals surface area contributed by atoms with Crippen molar-refractivity contribution in [3.63, 3.8) is 0 Å². The van der Waals surface area contributed by atoms with Crippen LogP contribution in [0, 0.1) is 19.8 Å². The molecule has 3 rings (SSSR count). The van der Waals surface area contributed by atoms with Crippen LogP contribution in [0.4, 0.5) is 10.5 Å². The highest BCUT2D eigenvalue weighted by Crippen LogP contribution is 2.24. The van der Waals surface area contributed by atoms with E-state index in [1.165, 1.54) is 6.21 Å². The van der Waals surface area contributed by atoms with Crippen molar-refractivity contribution < 1.29 is 14.4 Å². The molecule has 0 aromatic heterocycles. The fourth-order valence-corrected chi connectivity index (χ4v) is 3.35. The molecule has 26 heavy (non-hydrogen) atoms. The van der Waals surface area contributed by atoms with Gasteiger partial charge in [-0.15, -0.1) is 0 Å². The summed E-state index contributed by atoms with van der Waals surface area (Å²) in [6.45, 7) is 3.85. The summed E-state index contributed by atoms with van der Waals surface area (Å²) in [5.41, 5.74) is 8.52. The second-order valence-corrected chi connectivity index (χ2v) is 7.03. The zero-order valence-electron chi connectivity index (χ0n) is 15.1. The van der Waals surface area contributed by atoms with Gasteiger partial charge in [-0.3, -0.25) is 19.9 Å². The number of anilines is 1. The molecule has 3 N–H and O–H groups in total. The van der Waals surface area contributed by atoms with Crippen LogP contribution < -0.4 is 16.0 Å². The number of aryl methyl sites for hydroxylation is 2. The number of aliphatic imine (C=N–C) groups is 1. The fourth-order valence-electron chi connectivity index (χ4n) is 3.35. The molecule has 2 fully saturated rings. The average molecular weight is 356 g/mol. The number of hydrogen-bond donors (Lipinski definition) is 2. The molecule has 138 valence electrons. The lowest BCUT2D eigenvalue weighted by molar-refractivity contribution is -0.131. The zero-order chi connectivity index (χ0) is 18.8. The number of benzene rings is 1. The van der Waals surface area contributed by atoms with Gasteiger partial charge in [-0.2, -0.15) is 0 Å². The monoisotopic (exact) mass is 356 g/mol. The number of carbonyl (C=O) groups excluding carboxylic acids is 3. The fraction of sp³-hybridized carbons (Fsp3) is 0.474. The van der Waals surface area contributed by atoms with Gasteiger partial charge in [-0.05, 0) is 49.9 Å². The molecule has 0 spiro atoms. The molecule has 7 nitrogen and oxygen atoms in total. The van der Waals surface area contributed by atoms with Gasteiger partial charge in [0.2, 0.25) is 5.91 Å². The summed E-state index contributed by atoms with van der Waals surface area (Å²) in [6.07, 6.45) is 5.20. The second kappa shape index (κ2) is 7.37. The number of barbiturate groups is 1. The van der Waals surface area contributed by atoms with Gasteiger partial charge in [-0.1, -0.05) is 18.9 Å². The number of urea groups is 1. The number of carbonyl (C=O) groups is 3. The summed E-state index contributed by atoms with van der Waals surface area (Å²) in [7, 11) is 0. The van der Waals surface area contributed by atoms with Crippen LogP contribution in [0.3, 0.4) is 0 Å². The van der Waals surface area contributed by atoms with Gasteiger partial charge < -0.3 is 5.73 Å². The quantitative estimate of drug-likeness (QED) is 0.637. The Hall–Kier alpha value is -2.54. The Morgan fingerprint density at radius 1 is 1.15 bits per heavy atom. The zero-order valence-corrected chi connectivity index (χ0v) is 15.1. The minimum absolute atomic E-state index is 0.0563. The van der Waals surface area contributed by atoms with Crippen molar-refractivity contribution in [2.75, 3.05) is 4.90 Å². The summed E-state index contributed by atoms with van der Waals surface area (Å²) < 4.78 is 0. The minimum Gasteiger partial charge on any atom is -0.326 e. The molecular weight excluding hydrogens is 332 g/mol. The van der Waals surface area contributed by atoms with Gasteiger partial charge in [0.05, 0.1) is 11.7 Å². The second-order valence-electron chi connectivity index (χ2n) is 7.03. The molecule has 1 aliphatic carbocycles. The Bertz CT molecular complexity index is 774. The predicted octanol–water partition coefficient (Wildman–Crippen LogP) is 1.84. The molecule has 1 saturated heterocycles. The summed E-state index contributed by atoms with van der Waals surface area (Å²) in [5.74, 6) is -2.35. The van der Waals surface area contributed by atoms with Crippen molar-refractivity contribution in [1.82, 2.24) is 5.32 Å². The van der Waals surface area contributed by atoms with Gasteiger partial charge in [0, 0.05) is 12.3 Å². The number of imide groups is 2. The maximum Gasteiger partial charge on any atom is 0.335 e. The first kappa shape index (κ1) is 18.3. The molecular formula is C19H24N4O3. The molecule has 1 aliphatic heterocycles. The van der Waals surface area contributed by atoms with Gasteiger partial charge in [-0.25, -0.2) is 9.69 Å². The van der Waals surface area contributed by atoms with Crippen molar-refractivity contribution in [2.24, 2.45) is 16.6 Å². The minimum atomic E-state index is -1.12. The Morgan fingerprint density at radius 3 is 2.58 bits per heavy atom. The van der Waals surface area contributed by atoms with Crippen LogP contribution in [0.25, 0.3) is 0 Å². The first-order valence-corrected chi connectivity index (χ1v) is 8.93. The third-order valence-corrected chi connectivity index (χ3v) is 5.16. The summed E-state index contributed by atoms with van der Waals surface area (Å²) >= 11 is 0. The third kappa shape index (κ3) is 3.53. The van der Waals surface area contributed by atoms with E-state index in [0.29, 0.717) is 5.69 Å². The van der Waals surface area contributed by atoms with Crippen molar-refractivity contribution in [2.45, 2.75) is 51.6 Å². The number of hydrogen-bond acceptors (Lipinski definition) is 5. The molecule has 3 atom stereocenters. The molecule has 4 amide bonds. The summed E-state index contributed by atoms with van der Waals surface area (Å²) in [5, 5.41) is 2.25. The summed E-state index contributed by atoms with van der Waals surface area (Å²) in [4.78, 5) is 42.6. The molecule has 7 heteroatoms. The lowest BCUT2D eigenvalue weighted by atomic mass is 9.91. The van der Waals surface area contributed by atoms with E-state index in [-0.39, 0.29) is 12.1 Å². The van der Waals surface area contributed by atoms with E-state index >= 15 is 0 Å². The Balaban J connectivity index is 1.84. The summed E-state index contributed by atoms with van der Waals surface area (Å²) in [6, 6.07) is 4.42. The van der Waals surface area contributed by atoms with E-state index in [1.54, 1.807) is 12.1 Å². The lowest BCUT2D eigenvalue weighted by Crippen LogP contribution is -2.58. The van der Waals surface area contributed by atoms with E-state index in [2.05, 4.69) is 10.3 Å². The highest BCUT2D eigenvalue weighted by Gasteiger charge is 2.40. The Kier molecular flexibility index (Phi) is 5.18. The van der Waals surface area contributed by atoms with Crippen molar-refractivity contribution >= 4 is 29.7 Å². The van der Waals surface area contributed by atoms with Crippen molar-refractivity contribution in [1.29, 1.82) is 0 Å². The molecule has 2 aliphatic rings. The van der Waals surface area contributed by atoms with Crippen LogP contribution >= 0.6 is 0 Å². The molecule has 1 heterocycles. The van der Waals surface area contributed by atoms with E-state index in [1.807, 2.05) is 19.9 Å². The highest BCUT2D eigenvalue weighted by atomic mass is 16.2.